The van der Waals surface area contributed by atoms with Crippen LogP contribution < -0.4 is 18.9 Å². The quantitative estimate of drug-likeness (QED) is 0.284. The number of ether oxygens (including phenoxy) is 5. The Kier molecular flexibility index (Phi) is 10.6. The van der Waals surface area contributed by atoms with Crippen LogP contribution >= 0.6 is 0 Å². The molecule has 0 saturated carbocycles. The van der Waals surface area contributed by atoms with Crippen LogP contribution in [0.3, 0.4) is 0 Å². The van der Waals surface area contributed by atoms with E-state index < -0.39 is 11.9 Å². The summed E-state index contributed by atoms with van der Waals surface area (Å²) in [5.74, 6) is 0.0610. The van der Waals surface area contributed by atoms with E-state index in [1.807, 2.05) is 60.7 Å². The third-order valence-electron chi connectivity index (χ3n) is 5.19. The van der Waals surface area contributed by atoms with E-state index in [4.69, 9.17) is 24.1 Å². The number of methoxy groups -OCH3 is 3. The molecule has 0 fully saturated rings. The molecule has 0 unspecified atom stereocenters. The van der Waals surface area contributed by atoms with Gasteiger partial charge in [-0.2, -0.15) is 0 Å². The van der Waals surface area contributed by atoms with Crippen molar-refractivity contribution in [2.45, 2.75) is 13.2 Å². The summed E-state index contributed by atoms with van der Waals surface area (Å²) >= 11 is 0. The number of esters is 1. The molecule has 39 heavy (non-hydrogen) atoms. The molecule has 202 valence electrons. The Bertz CT molecular complexity index is 1360. The maximum Gasteiger partial charge on any atom is 0.356 e. The van der Waals surface area contributed by atoms with Crippen LogP contribution in [-0.4, -0.2) is 48.3 Å². The highest BCUT2D eigenvalue weighted by atomic mass is 16.5. The number of hydrogen-bond donors (Lipinski definition) is 1. The Morgan fingerprint density at radius 3 is 1.51 bits per heavy atom. The van der Waals surface area contributed by atoms with Crippen molar-refractivity contribution in [1.29, 1.82) is 0 Å². The zero-order valence-corrected chi connectivity index (χ0v) is 21.7. The number of benzene rings is 2. The van der Waals surface area contributed by atoms with Gasteiger partial charge in [-0.25, -0.2) is 19.6 Å². The predicted octanol–water partition coefficient (Wildman–Crippen LogP) is 4.82. The van der Waals surface area contributed by atoms with Gasteiger partial charge >= 0.3 is 11.9 Å². The number of hydrogen-bond acceptors (Lipinski definition) is 9. The standard InChI is InChI=1S/C15H15NO4.C14H13NO4/c1-18-13-8-12(15(17)19-2)16-9-14(13)20-10-11-6-4-3-5-7-11;1-18-12-7-11(14(16)17)15-8-13(12)19-9-10-5-3-2-4-6-10/h3-9H,10H2,1-2H3;2-8H,9H2,1H3,(H,16,17). The molecular weight excluding hydrogens is 504 g/mol. The van der Waals surface area contributed by atoms with E-state index in [9.17, 15) is 9.59 Å². The molecule has 10 heteroatoms. The van der Waals surface area contributed by atoms with Gasteiger partial charge in [-0.05, 0) is 11.1 Å². The largest absolute Gasteiger partial charge is 0.493 e. The van der Waals surface area contributed by atoms with Gasteiger partial charge in [0, 0.05) is 12.1 Å². The summed E-state index contributed by atoms with van der Waals surface area (Å²) in [7, 11) is 4.26. The summed E-state index contributed by atoms with van der Waals surface area (Å²) < 4.78 is 26.1. The van der Waals surface area contributed by atoms with Crippen LogP contribution in [0.1, 0.15) is 32.1 Å². The van der Waals surface area contributed by atoms with Crippen molar-refractivity contribution in [2.75, 3.05) is 21.3 Å². The minimum Gasteiger partial charge on any atom is -0.493 e. The molecule has 2 heterocycles. The molecule has 0 radical (unpaired) electrons. The highest BCUT2D eigenvalue weighted by Gasteiger charge is 2.13. The molecule has 0 aliphatic heterocycles. The van der Waals surface area contributed by atoms with Crippen LogP contribution in [0, 0.1) is 0 Å². The molecule has 0 saturated heterocycles. The molecule has 1 N–H and O–H groups in total. The first-order valence-electron chi connectivity index (χ1n) is 11.7. The molecule has 2 aromatic heterocycles. The molecule has 4 aromatic rings. The van der Waals surface area contributed by atoms with Gasteiger partial charge in [0.05, 0.1) is 33.7 Å². The van der Waals surface area contributed by atoms with Crippen molar-refractivity contribution in [3.05, 3.63) is 108 Å². The SMILES string of the molecule is COC(=O)c1cc(OC)c(OCc2ccccc2)cn1.COc1cc(C(=O)O)ncc1OCc1ccccc1. The molecule has 0 bridgehead atoms. The summed E-state index contributed by atoms with van der Waals surface area (Å²) in [5, 5.41) is 8.84. The number of rotatable bonds is 10. The summed E-state index contributed by atoms with van der Waals surface area (Å²) in [6, 6.07) is 22.2. The molecule has 0 aliphatic rings. The maximum absolute atomic E-state index is 11.4. The molecule has 2 aromatic carbocycles. The van der Waals surface area contributed by atoms with Gasteiger partial charge < -0.3 is 28.8 Å². The second-order valence-corrected chi connectivity index (χ2v) is 7.79. The summed E-state index contributed by atoms with van der Waals surface area (Å²) in [4.78, 5) is 30.0. The lowest BCUT2D eigenvalue weighted by Crippen LogP contribution is -2.06. The van der Waals surface area contributed by atoms with Gasteiger partial charge in [0.25, 0.3) is 0 Å². The van der Waals surface area contributed by atoms with E-state index in [-0.39, 0.29) is 11.4 Å². The number of aromatic carboxylic acids is 1. The highest BCUT2D eigenvalue weighted by molar-refractivity contribution is 5.87. The van der Waals surface area contributed by atoms with Gasteiger partial charge in [-0.1, -0.05) is 60.7 Å². The number of aromatic nitrogens is 2. The summed E-state index contributed by atoms with van der Waals surface area (Å²) in [6.45, 7) is 0.766. The van der Waals surface area contributed by atoms with Gasteiger partial charge in [0.1, 0.15) is 13.2 Å². The minimum atomic E-state index is -1.10. The van der Waals surface area contributed by atoms with Gasteiger partial charge in [0.15, 0.2) is 34.4 Å². The van der Waals surface area contributed by atoms with E-state index in [1.54, 1.807) is 0 Å². The van der Waals surface area contributed by atoms with Crippen molar-refractivity contribution in [1.82, 2.24) is 9.97 Å². The topological polar surface area (TPSA) is 126 Å². The Balaban J connectivity index is 0.000000216. The predicted molar refractivity (Wildman–Crippen MR) is 141 cm³/mol. The lowest BCUT2D eigenvalue weighted by Gasteiger charge is -2.11. The van der Waals surface area contributed by atoms with Gasteiger partial charge in [-0.3, -0.25) is 0 Å². The molecule has 0 aliphatic carbocycles. The van der Waals surface area contributed by atoms with E-state index in [1.165, 1.54) is 45.9 Å². The van der Waals surface area contributed by atoms with Gasteiger partial charge in [-0.15, -0.1) is 0 Å². The van der Waals surface area contributed by atoms with Crippen molar-refractivity contribution < 1.29 is 38.4 Å². The Morgan fingerprint density at radius 1 is 0.667 bits per heavy atom. The average Bonchev–Trinajstić information content (AvgIpc) is 2.99. The van der Waals surface area contributed by atoms with Crippen LogP contribution in [0.4, 0.5) is 0 Å². The third-order valence-corrected chi connectivity index (χ3v) is 5.19. The van der Waals surface area contributed by atoms with Crippen LogP contribution in [0.2, 0.25) is 0 Å². The first-order chi connectivity index (χ1) is 18.9. The van der Waals surface area contributed by atoms with E-state index >= 15 is 0 Å². The number of pyridine rings is 2. The van der Waals surface area contributed by atoms with Crippen LogP contribution in [0.25, 0.3) is 0 Å². The lowest BCUT2D eigenvalue weighted by molar-refractivity contribution is 0.0592. The second-order valence-electron chi connectivity index (χ2n) is 7.79. The average molecular weight is 533 g/mol. The fourth-order valence-corrected chi connectivity index (χ4v) is 3.19. The second kappa shape index (κ2) is 14.6. The van der Waals surface area contributed by atoms with Crippen molar-refractivity contribution in [3.63, 3.8) is 0 Å². The fourth-order valence-electron chi connectivity index (χ4n) is 3.19. The number of carboxylic acid groups (broad SMARTS) is 1. The Morgan fingerprint density at radius 2 is 1.10 bits per heavy atom. The molecule has 4 rings (SSSR count). The van der Waals surface area contributed by atoms with Crippen molar-refractivity contribution >= 4 is 11.9 Å². The molecule has 0 atom stereocenters. The first-order valence-corrected chi connectivity index (χ1v) is 11.7. The highest BCUT2D eigenvalue weighted by Crippen LogP contribution is 2.28. The zero-order valence-electron chi connectivity index (χ0n) is 21.7. The van der Waals surface area contributed by atoms with E-state index in [0.717, 1.165) is 11.1 Å². The Labute approximate surface area is 225 Å². The number of nitrogens with zero attached hydrogens (tertiary/aromatic N) is 2. The summed E-state index contributed by atoms with van der Waals surface area (Å²) in [6.07, 6.45) is 2.80. The van der Waals surface area contributed by atoms with E-state index in [0.29, 0.717) is 36.2 Å². The minimum absolute atomic E-state index is 0.0797. The normalized spacial score (nSPS) is 9.92. The van der Waals surface area contributed by atoms with Crippen LogP contribution in [0.5, 0.6) is 23.0 Å². The monoisotopic (exact) mass is 532 g/mol. The van der Waals surface area contributed by atoms with Crippen LogP contribution in [-0.2, 0) is 18.0 Å². The maximum atomic E-state index is 11.4. The first kappa shape index (κ1) is 28.5. The number of carbonyl (C=O) groups excluding carboxylic acids is 1. The molecular formula is C29H28N2O8. The van der Waals surface area contributed by atoms with Crippen molar-refractivity contribution in [3.8, 4) is 23.0 Å². The van der Waals surface area contributed by atoms with E-state index in [2.05, 4.69) is 14.7 Å². The molecule has 10 nitrogen and oxygen atoms in total. The van der Waals surface area contributed by atoms with Crippen LogP contribution in [0.15, 0.2) is 85.2 Å². The fraction of sp³-hybridized carbons (Fsp3) is 0.172. The lowest BCUT2D eigenvalue weighted by atomic mass is 10.2. The zero-order chi connectivity index (χ0) is 28.0. The molecule has 0 amide bonds. The van der Waals surface area contributed by atoms with Crippen molar-refractivity contribution in [2.24, 2.45) is 0 Å². The Hall–Kier alpha value is -5.12. The van der Waals surface area contributed by atoms with Gasteiger partial charge in [0.2, 0.25) is 0 Å². The molecule has 0 spiro atoms. The number of carboxylic acids is 1. The smallest absolute Gasteiger partial charge is 0.356 e. The third kappa shape index (κ3) is 8.46. The number of carbonyl (C=O) groups is 2. The summed E-state index contributed by atoms with van der Waals surface area (Å²) in [5.41, 5.74) is 2.14.